The zero-order valence-corrected chi connectivity index (χ0v) is 17.9. The molecule has 1 aromatic heterocycles. The van der Waals surface area contributed by atoms with Crippen LogP contribution in [0.2, 0.25) is 0 Å². The minimum Gasteiger partial charge on any atom is -0.480 e. The Balaban J connectivity index is 1.62. The normalized spacial score (nSPS) is 12.9. The Hall–Kier alpha value is -3.49. The van der Waals surface area contributed by atoms with Gasteiger partial charge in [0.05, 0.1) is 11.4 Å². The molecule has 5 N–H and O–H groups in total. The molecule has 0 bridgehead atoms. The highest BCUT2D eigenvalue weighted by Crippen LogP contribution is 2.10. The zero-order valence-electron chi connectivity index (χ0n) is 17.9. The second kappa shape index (κ2) is 11.2. The molecule has 1 heterocycles. The minimum atomic E-state index is -0.936. The molecule has 0 amide bonds. The smallest absolute Gasteiger partial charge is 0.321 e. The number of aliphatic carboxylic acids is 2. The average molecular weight is 437 g/mol. The molecule has 0 fully saturated rings. The lowest BCUT2D eigenvalue weighted by molar-refractivity contribution is -0.140. The number of carboxylic acid groups (broad SMARTS) is 2. The predicted octanol–water partition coefficient (Wildman–Crippen LogP) is 2.29. The van der Waals surface area contributed by atoms with Gasteiger partial charge in [0, 0.05) is 13.1 Å². The van der Waals surface area contributed by atoms with E-state index in [0.29, 0.717) is 24.4 Å². The second-order valence-electron chi connectivity index (χ2n) is 7.67. The van der Waals surface area contributed by atoms with E-state index in [2.05, 4.69) is 20.6 Å². The van der Waals surface area contributed by atoms with Gasteiger partial charge in [-0.1, -0.05) is 60.7 Å². The number of carboxylic acids is 2. The van der Waals surface area contributed by atoms with Crippen LogP contribution < -0.4 is 10.6 Å². The number of rotatable bonds is 12. The van der Waals surface area contributed by atoms with Gasteiger partial charge >= 0.3 is 11.9 Å². The van der Waals surface area contributed by atoms with Crippen LogP contribution in [0.4, 0.5) is 0 Å². The number of aryl methyl sites for hydroxylation is 1. The molecule has 8 nitrogen and oxygen atoms in total. The molecule has 0 saturated carbocycles. The van der Waals surface area contributed by atoms with Crippen LogP contribution in [0.3, 0.4) is 0 Å². The van der Waals surface area contributed by atoms with Crippen LogP contribution in [0.5, 0.6) is 0 Å². The molecule has 3 rings (SSSR count). The topological polar surface area (TPSA) is 127 Å². The molecule has 8 heteroatoms. The summed E-state index contributed by atoms with van der Waals surface area (Å²) < 4.78 is 0. The fourth-order valence-electron chi connectivity index (χ4n) is 3.52. The van der Waals surface area contributed by atoms with Crippen LogP contribution in [-0.4, -0.2) is 44.2 Å². The van der Waals surface area contributed by atoms with Crippen molar-refractivity contribution in [2.24, 2.45) is 0 Å². The van der Waals surface area contributed by atoms with Crippen LogP contribution in [-0.2, 0) is 35.5 Å². The van der Waals surface area contributed by atoms with Crippen LogP contribution >= 0.6 is 0 Å². The molecule has 0 saturated heterocycles. The zero-order chi connectivity index (χ0) is 22.9. The summed E-state index contributed by atoms with van der Waals surface area (Å²) in [6.07, 6.45) is 0.709. The number of aromatic nitrogens is 2. The average Bonchev–Trinajstić information content (AvgIpc) is 3.14. The van der Waals surface area contributed by atoms with Gasteiger partial charge in [-0.25, -0.2) is 4.98 Å². The van der Waals surface area contributed by atoms with Crippen LogP contribution in [0.15, 0.2) is 60.7 Å². The lowest BCUT2D eigenvalue weighted by atomic mass is 10.1. The van der Waals surface area contributed by atoms with E-state index < -0.39 is 24.0 Å². The van der Waals surface area contributed by atoms with E-state index in [0.717, 1.165) is 16.8 Å². The van der Waals surface area contributed by atoms with E-state index >= 15 is 0 Å². The van der Waals surface area contributed by atoms with E-state index in [1.165, 1.54) is 0 Å². The number of hydrogen-bond acceptors (Lipinski definition) is 5. The number of carbonyl (C=O) groups is 2. The van der Waals surface area contributed by atoms with Crippen molar-refractivity contribution in [3.05, 3.63) is 89.0 Å². The monoisotopic (exact) mass is 436 g/mol. The maximum atomic E-state index is 11.7. The molecule has 3 aromatic rings. The Morgan fingerprint density at radius 2 is 1.31 bits per heavy atom. The largest absolute Gasteiger partial charge is 0.480 e. The molecule has 0 aliphatic heterocycles. The van der Waals surface area contributed by atoms with Gasteiger partial charge in [-0.2, -0.15) is 0 Å². The van der Waals surface area contributed by atoms with Gasteiger partial charge in [0.1, 0.15) is 17.9 Å². The third-order valence-corrected chi connectivity index (χ3v) is 5.19. The molecule has 0 unspecified atom stereocenters. The highest BCUT2D eigenvalue weighted by Gasteiger charge is 2.21. The van der Waals surface area contributed by atoms with E-state index in [9.17, 15) is 19.8 Å². The summed E-state index contributed by atoms with van der Waals surface area (Å²) in [5.41, 5.74) is 3.26. The summed E-state index contributed by atoms with van der Waals surface area (Å²) in [6, 6.07) is 17.4. The van der Waals surface area contributed by atoms with Gasteiger partial charge in [0.25, 0.3) is 0 Å². The minimum absolute atomic E-state index is 0.252. The van der Waals surface area contributed by atoms with Crippen molar-refractivity contribution >= 4 is 11.9 Å². The number of hydrogen-bond donors (Lipinski definition) is 5. The number of imidazole rings is 1. The van der Waals surface area contributed by atoms with Crippen LogP contribution in [0.1, 0.15) is 28.3 Å². The van der Waals surface area contributed by atoms with Gasteiger partial charge < -0.3 is 15.2 Å². The SMILES string of the molecule is Cc1nc(CN[C@@H](Cc2ccccc2)C(=O)O)c(CN[C@@H](Cc2ccccc2)C(=O)O)[nH]1. The van der Waals surface area contributed by atoms with E-state index in [1.807, 2.05) is 67.6 Å². The van der Waals surface area contributed by atoms with E-state index in [4.69, 9.17) is 0 Å². The molecule has 32 heavy (non-hydrogen) atoms. The Morgan fingerprint density at radius 1 is 0.844 bits per heavy atom. The van der Waals surface area contributed by atoms with Gasteiger partial charge in [-0.3, -0.25) is 20.2 Å². The number of nitrogens with zero attached hydrogens (tertiary/aromatic N) is 1. The molecule has 0 aliphatic rings. The Kier molecular flexibility index (Phi) is 8.13. The molecular weight excluding hydrogens is 408 g/mol. The fraction of sp³-hybridized carbons (Fsp3) is 0.292. The first kappa shape index (κ1) is 23.2. The van der Waals surface area contributed by atoms with Crippen LogP contribution in [0.25, 0.3) is 0 Å². The van der Waals surface area contributed by atoms with Crippen molar-refractivity contribution in [3.63, 3.8) is 0 Å². The Morgan fingerprint density at radius 3 is 1.78 bits per heavy atom. The first-order valence-electron chi connectivity index (χ1n) is 10.5. The lowest BCUT2D eigenvalue weighted by Gasteiger charge is -2.16. The summed E-state index contributed by atoms with van der Waals surface area (Å²) in [7, 11) is 0. The standard InChI is InChI=1S/C24H28N4O4/c1-16-27-21(14-25-19(23(29)30)12-17-8-4-2-5-9-17)22(28-16)15-26-20(24(31)32)13-18-10-6-3-7-11-18/h2-11,19-20,25-26H,12-15H2,1H3,(H,27,28)(H,29,30)(H,31,32)/t19-,20-/m0/s1. The summed E-state index contributed by atoms with van der Waals surface area (Å²) in [5.74, 6) is -1.18. The maximum Gasteiger partial charge on any atom is 0.321 e. The number of H-pyrrole nitrogens is 1. The molecule has 0 radical (unpaired) electrons. The molecule has 2 atom stereocenters. The number of aromatic amines is 1. The van der Waals surface area contributed by atoms with Crippen molar-refractivity contribution in [1.82, 2.24) is 20.6 Å². The van der Waals surface area contributed by atoms with Crippen molar-refractivity contribution in [1.29, 1.82) is 0 Å². The lowest BCUT2D eigenvalue weighted by Crippen LogP contribution is -2.39. The first-order valence-corrected chi connectivity index (χ1v) is 10.5. The first-order chi connectivity index (χ1) is 15.4. The van der Waals surface area contributed by atoms with Crippen molar-refractivity contribution in [2.45, 2.75) is 44.9 Å². The summed E-state index contributed by atoms with van der Waals surface area (Å²) in [5, 5.41) is 25.3. The number of nitrogens with one attached hydrogen (secondary N) is 3. The van der Waals surface area contributed by atoms with Crippen LogP contribution in [0, 0.1) is 6.92 Å². The molecule has 2 aromatic carbocycles. The van der Waals surface area contributed by atoms with E-state index in [-0.39, 0.29) is 13.1 Å². The molecule has 0 aliphatic carbocycles. The van der Waals surface area contributed by atoms with E-state index in [1.54, 1.807) is 0 Å². The molecule has 168 valence electrons. The third-order valence-electron chi connectivity index (χ3n) is 5.19. The quantitative estimate of drug-likeness (QED) is 0.295. The van der Waals surface area contributed by atoms with Crippen molar-refractivity contribution in [3.8, 4) is 0 Å². The van der Waals surface area contributed by atoms with Gasteiger partial charge in [-0.05, 0) is 30.9 Å². The Bertz CT molecular complexity index is 940. The van der Waals surface area contributed by atoms with Crippen molar-refractivity contribution in [2.75, 3.05) is 0 Å². The maximum absolute atomic E-state index is 11.7. The summed E-state index contributed by atoms with van der Waals surface area (Å²) in [4.78, 5) is 31.0. The molecule has 0 spiro atoms. The summed E-state index contributed by atoms with van der Waals surface area (Å²) in [6.45, 7) is 2.34. The van der Waals surface area contributed by atoms with Crippen molar-refractivity contribution < 1.29 is 19.8 Å². The number of benzene rings is 2. The third kappa shape index (κ3) is 6.76. The fourth-order valence-corrected chi connectivity index (χ4v) is 3.52. The van der Waals surface area contributed by atoms with Gasteiger partial charge in [0.15, 0.2) is 0 Å². The second-order valence-corrected chi connectivity index (χ2v) is 7.67. The van der Waals surface area contributed by atoms with Gasteiger partial charge in [-0.15, -0.1) is 0 Å². The molecular formula is C24H28N4O4. The predicted molar refractivity (Wildman–Crippen MR) is 120 cm³/mol. The Labute approximate surface area is 186 Å². The van der Waals surface area contributed by atoms with Gasteiger partial charge in [0.2, 0.25) is 0 Å². The highest BCUT2D eigenvalue weighted by molar-refractivity contribution is 5.74. The highest BCUT2D eigenvalue weighted by atomic mass is 16.4. The summed E-state index contributed by atoms with van der Waals surface area (Å²) >= 11 is 0.